The molecule has 132 valence electrons. The molecule has 1 aliphatic rings. The third kappa shape index (κ3) is 3.85. The van der Waals surface area contributed by atoms with Crippen molar-refractivity contribution in [2.75, 3.05) is 0 Å². The Morgan fingerprint density at radius 2 is 1.92 bits per heavy atom. The Hall–Kier alpha value is -1.70. The second kappa shape index (κ2) is 7.92. The number of benzene rings is 1. The molecule has 0 unspecified atom stereocenters. The zero-order chi connectivity index (χ0) is 17.9. The summed E-state index contributed by atoms with van der Waals surface area (Å²) in [7, 11) is 0. The molecule has 0 aromatic heterocycles. The van der Waals surface area contributed by atoms with Crippen LogP contribution in [0.15, 0.2) is 29.9 Å². The molecule has 1 aliphatic carbocycles. The standard InChI is InChI=1S/C22H32O2/c1-6-7-8-9-18-16(5)20(23)13-21(24)22(18)19-12-15(4)10-11-17(19)14(2)3/h12-13,17,19,23-24H,2,6-11H2,1,3-5H3/t17-,19+/m0/s1. The van der Waals surface area contributed by atoms with Crippen LogP contribution in [0, 0.1) is 12.8 Å². The summed E-state index contributed by atoms with van der Waals surface area (Å²) in [5.74, 6) is 0.943. The highest BCUT2D eigenvalue weighted by Gasteiger charge is 2.30. The summed E-state index contributed by atoms with van der Waals surface area (Å²) in [6.07, 6.45) is 8.79. The van der Waals surface area contributed by atoms with E-state index < -0.39 is 0 Å². The van der Waals surface area contributed by atoms with Crippen molar-refractivity contribution in [2.45, 2.75) is 72.1 Å². The summed E-state index contributed by atoms with van der Waals surface area (Å²) in [5.41, 5.74) is 5.60. The highest BCUT2D eigenvalue weighted by Crippen LogP contribution is 2.46. The zero-order valence-corrected chi connectivity index (χ0v) is 15.7. The molecule has 1 aromatic rings. The fraction of sp³-hybridized carbons (Fsp3) is 0.545. The van der Waals surface area contributed by atoms with Crippen LogP contribution in [0.3, 0.4) is 0 Å². The van der Waals surface area contributed by atoms with Gasteiger partial charge in [0.2, 0.25) is 0 Å². The van der Waals surface area contributed by atoms with Gasteiger partial charge in [0.05, 0.1) is 0 Å². The predicted octanol–water partition coefficient (Wildman–Crippen LogP) is 6.15. The van der Waals surface area contributed by atoms with E-state index in [-0.39, 0.29) is 17.4 Å². The van der Waals surface area contributed by atoms with Crippen molar-refractivity contribution < 1.29 is 10.2 Å². The van der Waals surface area contributed by atoms with Gasteiger partial charge in [0.15, 0.2) is 0 Å². The fourth-order valence-electron chi connectivity index (χ4n) is 3.98. The molecule has 0 amide bonds. The number of unbranched alkanes of at least 4 members (excludes halogenated alkanes) is 2. The lowest BCUT2D eigenvalue weighted by atomic mass is 9.72. The number of aromatic hydroxyl groups is 2. The van der Waals surface area contributed by atoms with Crippen molar-refractivity contribution in [2.24, 2.45) is 5.92 Å². The minimum absolute atomic E-state index is 0.159. The third-order valence-electron chi connectivity index (χ3n) is 5.46. The van der Waals surface area contributed by atoms with Gasteiger partial charge in [-0.1, -0.05) is 43.6 Å². The smallest absolute Gasteiger partial charge is 0.123 e. The van der Waals surface area contributed by atoms with Crippen LogP contribution in [0.1, 0.15) is 75.5 Å². The fourth-order valence-corrected chi connectivity index (χ4v) is 3.98. The average molecular weight is 328 g/mol. The van der Waals surface area contributed by atoms with Crippen LogP contribution in [0.2, 0.25) is 0 Å². The normalized spacial score (nSPS) is 20.8. The van der Waals surface area contributed by atoms with E-state index in [1.54, 1.807) is 0 Å². The van der Waals surface area contributed by atoms with Crippen LogP contribution < -0.4 is 0 Å². The van der Waals surface area contributed by atoms with Crippen molar-refractivity contribution in [3.05, 3.63) is 46.6 Å². The molecule has 2 rings (SSSR count). The molecule has 0 radical (unpaired) electrons. The Labute approximate surface area is 146 Å². The van der Waals surface area contributed by atoms with Crippen molar-refractivity contribution in [1.29, 1.82) is 0 Å². The summed E-state index contributed by atoms with van der Waals surface area (Å²) >= 11 is 0. The van der Waals surface area contributed by atoms with Crippen LogP contribution in [0.25, 0.3) is 0 Å². The molecule has 0 bridgehead atoms. The first-order valence-corrected chi connectivity index (χ1v) is 9.23. The van der Waals surface area contributed by atoms with E-state index in [0.717, 1.165) is 48.8 Å². The molecule has 2 nitrogen and oxygen atoms in total. The molecule has 0 heterocycles. The number of phenols is 2. The summed E-state index contributed by atoms with van der Waals surface area (Å²) in [6, 6.07) is 1.52. The topological polar surface area (TPSA) is 40.5 Å². The molecule has 0 fully saturated rings. The van der Waals surface area contributed by atoms with Crippen molar-refractivity contribution >= 4 is 0 Å². The summed E-state index contributed by atoms with van der Waals surface area (Å²) < 4.78 is 0. The highest BCUT2D eigenvalue weighted by atomic mass is 16.3. The number of phenolic OH excluding ortho intramolecular Hbond substituents is 2. The van der Waals surface area contributed by atoms with E-state index in [2.05, 4.69) is 33.4 Å². The molecule has 2 atom stereocenters. The van der Waals surface area contributed by atoms with Crippen LogP contribution in [0.4, 0.5) is 0 Å². The lowest BCUT2D eigenvalue weighted by Gasteiger charge is -2.33. The summed E-state index contributed by atoms with van der Waals surface area (Å²) in [6.45, 7) is 12.6. The summed E-state index contributed by atoms with van der Waals surface area (Å²) in [4.78, 5) is 0. The van der Waals surface area contributed by atoms with E-state index in [4.69, 9.17) is 0 Å². The Balaban J connectivity index is 2.55. The quantitative estimate of drug-likeness (QED) is 0.485. The van der Waals surface area contributed by atoms with Crippen molar-refractivity contribution in [3.8, 4) is 11.5 Å². The second-order valence-electron chi connectivity index (χ2n) is 7.42. The third-order valence-corrected chi connectivity index (χ3v) is 5.46. The lowest BCUT2D eigenvalue weighted by molar-refractivity contribution is 0.421. The van der Waals surface area contributed by atoms with E-state index in [1.807, 2.05) is 6.92 Å². The molecule has 2 heteroatoms. The second-order valence-corrected chi connectivity index (χ2v) is 7.42. The number of hydrogen-bond acceptors (Lipinski definition) is 2. The largest absolute Gasteiger partial charge is 0.508 e. The van der Waals surface area contributed by atoms with E-state index in [9.17, 15) is 10.2 Å². The van der Waals surface area contributed by atoms with Gasteiger partial charge in [0, 0.05) is 17.5 Å². The minimum Gasteiger partial charge on any atom is -0.508 e. The number of hydrogen-bond donors (Lipinski definition) is 2. The van der Waals surface area contributed by atoms with Crippen LogP contribution in [-0.2, 0) is 6.42 Å². The first-order valence-electron chi connectivity index (χ1n) is 9.23. The Morgan fingerprint density at radius 1 is 1.21 bits per heavy atom. The van der Waals surface area contributed by atoms with Gasteiger partial charge < -0.3 is 10.2 Å². The van der Waals surface area contributed by atoms with Crippen LogP contribution >= 0.6 is 0 Å². The first kappa shape index (κ1) is 18.6. The average Bonchev–Trinajstić information content (AvgIpc) is 2.51. The van der Waals surface area contributed by atoms with E-state index in [0.29, 0.717) is 5.92 Å². The molecule has 0 aliphatic heterocycles. The van der Waals surface area contributed by atoms with Crippen LogP contribution in [0.5, 0.6) is 11.5 Å². The zero-order valence-electron chi connectivity index (χ0n) is 15.7. The predicted molar refractivity (Wildman–Crippen MR) is 102 cm³/mol. The van der Waals surface area contributed by atoms with E-state index >= 15 is 0 Å². The molecular weight excluding hydrogens is 296 g/mol. The molecule has 0 saturated heterocycles. The minimum atomic E-state index is 0.159. The maximum Gasteiger partial charge on any atom is 0.123 e. The number of allylic oxidation sites excluding steroid dienone is 3. The molecule has 2 N–H and O–H groups in total. The number of rotatable bonds is 6. The SMILES string of the molecule is C=C(C)[C@@H]1CCC(C)=C[C@H]1c1c(O)cc(O)c(C)c1CCCCC. The Kier molecular flexibility index (Phi) is 6.15. The van der Waals surface area contributed by atoms with Gasteiger partial charge >= 0.3 is 0 Å². The first-order chi connectivity index (χ1) is 11.4. The Bertz CT molecular complexity index is 640. The van der Waals surface area contributed by atoms with Gasteiger partial charge in [0.1, 0.15) is 11.5 Å². The van der Waals surface area contributed by atoms with Gasteiger partial charge in [-0.2, -0.15) is 0 Å². The van der Waals surface area contributed by atoms with Gasteiger partial charge in [0.25, 0.3) is 0 Å². The van der Waals surface area contributed by atoms with Crippen molar-refractivity contribution in [1.82, 2.24) is 0 Å². The van der Waals surface area contributed by atoms with Gasteiger partial charge in [-0.3, -0.25) is 0 Å². The van der Waals surface area contributed by atoms with Crippen LogP contribution in [-0.4, -0.2) is 10.2 Å². The maximum absolute atomic E-state index is 10.7. The van der Waals surface area contributed by atoms with Crippen molar-refractivity contribution in [3.63, 3.8) is 0 Å². The van der Waals surface area contributed by atoms with Gasteiger partial charge in [-0.15, -0.1) is 0 Å². The summed E-state index contributed by atoms with van der Waals surface area (Å²) in [5, 5.41) is 20.9. The van der Waals surface area contributed by atoms with Gasteiger partial charge in [-0.05, 0) is 63.5 Å². The Morgan fingerprint density at radius 3 is 2.54 bits per heavy atom. The van der Waals surface area contributed by atoms with Gasteiger partial charge in [-0.25, -0.2) is 0 Å². The highest BCUT2D eigenvalue weighted by molar-refractivity contribution is 5.55. The molecule has 0 spiro atoms. The molecular formula is C22H32O2. The van der Waals surface area contributed by atoms with E-state index in [1.165, 1.54) is 23.6 Å². The molecule has 0 saturated carbocycles. The molecule has 24 heavy (non-hydrogen) atoms. The maximum atomic E-state index is 10.7. The monoisotopic (exact) mass is 328 g/mol. The molecule has 1 aromatic carbocycles. The lowest BCUT2D eigenvalue weighted by Crippen LogP contribution is -2.19.